The molecule has 0 saturated heterocycles. The predicted molar refractivity (Wildman–Crippen MR) is 70.8 cm³/mol. The van der Waals surface area contributed by atoms with Gasteiger partial charge in [0.05, 0.1) is 5.69 Å². The van der Waals surface area contributed by atoms with Crippen molar-refractivity contribution < 1.29 is 0 Å². The molecule has 2 aliphatic rings. The molecule has 0 radical (unpaired) electrons. The molecule has 1 spiro atoms. The Morgan fingerprint density at radius 2 is 2.00 bits per heavy atom. The van der Waals surface area contributed by atoms with E-state index in [4.69, 9.17) is 0 Å². The predicted octanol–water partition coefficient (Wildman–Crippen LogP) is 3.54. The highest BCUT2D eigenvalue weighted by molar-refractivity contribution is 7.99. The van der Waals surface area contributed by atoms with E-state index in [1.165, 1.54) is 51.4 Å². The van der Waals surface area contributed by atoms with Crippen molar-refractivity contribution in [1.82, 2.24) is 15.4 Å². The van der Waals surface area contributed by atoms with Crippen molar-refractivity contribution in [3.8, 4) is 0 Å². The Bertz CT molecular complexity index is 334. The fourth-order valence-corrected chi connectivity index (χ4v) is 4.61. The van der Waals surface area contributed by atoms with E-state index in [2.05, 4.69) is 27.2 Å². The van der Waals surface area contributed by atoms with Gasteiger partial charge in [0, 0.05) is 17.2 Å². The van der Waals surface area contributed by atoms with E-state index in [0.29, 0.717) is 0 Å². The number of hydrogen-bond acceptors (Lipinski definition) is 3. The summed E-state index contributed by atoms with van der Waals surface area (Å²) < 4.78 is 0. The second kappa shape index (κ2) is 5.01. The first kappa shape index (κ1) is 11.6. The third kappa shape index (κ3) is 2.67. The van der Waals surface area contributed by atoms with E-state index in [-0.39, 0.29) is 0 Å². The van der Waals surface area contributed by atoms with Gasteiger partial charge in [-0.25, -0.2) is 0 Å². The number of aromatic nitrogens is 3. The molecule has 94 valence electrons. The summed E-state index contributed by atoms with van der Waals surface area (Å²) in [5, 5.41) is 11.4. The molecule has 0 atom stereocenters. The van der Waals surface area contributed by atoms with Crippen LogP contribution in [0, 0.1) is 5.41 Å². The molecule has 2 fully saturated rings. The molecule has 2 aliphatic carbocycles. The lowest BCUT2D eigenvalue weighted by Crippen LogP contribution is -2.25. The van der Waals surface area contributed by atoms with Gasteiger partial charge in [-0.1, -0.05) is 18.1 Å². The average molecular weight is 251 g/mol. The fraction of sp³-hybridized carbons (Fsp3) is 0.846. The van der Waals surface area contributed by atoms with Crippen LogP contribution in [0.1, 0.15) is 57.1 Å². The maximum atomic E-state index is 4.05. The van der Waals surface area contributed by atoms with Gasteiger partial charge in [-0.15, -0.1) is 5.10 Å². The quantitative estimate of drug-likeness (QED) is 0.893. The minimum Gasteiger partial charge on any atom is -0.265 e. The molecule has 3 nitrogen and oxygen atoms in total. The van der Waals surface area contributed by atoms with Crippen molar-refractivity contribution in [3.63, 3.8) is 0 Å². The number of hydrogen-bond donors (Lipinski definition) is 1. The van der Waals surface area contributed by atoms with Gasteiger partial charge in [-0.2, -0.15) is 11.8 Å². The van der Waals surface area contributed by atoms with E-state index in [0.717, 1.165) is 22.1 Å². The number of nitrogens with one attached hydrogen (secondary N) is 1. The summed E-state index contributed by atoms with van der Waals surface area (Å²) in [6.07, 6.45) is 13.7. The zero-order valence-corrected chi connectivity index (χ0v) is 11.1. The molecule has 3 rings (SSSR count). The van der Waals surface area contributed by atoms with Crippen LogP contribution >= 0.6 is 11.8 Å². The molecule has 1 aromatic rings. The van der Waals surface area contributed by atoms with Crippen LogP contribution in [-0.4, -0.2) is 20.7 Å². The average Bonchev–Trinajstić information content (AvgIpc) is 3.01. The Hall–Kier alpha value is -0.510. The van der Waals surface area contributed by atoms with Crippen LogP contribution in [0.25, 0.3) is 0 Å². The monoisotopic (exact) mass is 251 g/mol. The van der Waals surface area contributed by atoms with Crippen LogP contribution in [0.5, 0.6) is 0 Å². The van der Waals surface area contributed by atoms with Gasteiger partial charge >= 0.3 is 0 Å². The SMILES string of the molecule is c1[nH]nnc1CSC1CCC2(CCCC2)CC1. The van der Waals surface area contributed by atoms with Crippen molar-refractivity contribution >= 4 is 11.8 Å². The van der Waals surface area contributed by atoms with Gasteiger partial charge in [-0.3, -0.25) is 5.10 Å². The summed E-state index contributed by atoms with van der Waals surface area (Å²) in [5.74, 6) is 1.02. The van der Waals surface area contributed by atoms with E-state index >= 15 is 0 Å². The number of rotatable bonds is 3. The normalized spacial score (nSPS) is 24.5. The highest BCUT2D eigenvalue weighted by atomic mass is 32.2. The van der Waals surface area contributed by atoms with Gasteiger partial charge < -0.3 is 0 Å². The van der Waals surface area contributed by atoms with Crippen LogP contribution in [0.2, 0.25) is 0 Å². The first-order valence-corrected chi connectivity index (χ1v) is 7.88. The second-order valence-corrected chi connectivity index (χ2v) is 6.97. The minimum absolute atomic E-state index is 0.769. The summed E-state index contributed by atoms with van der Waals surface area (Å²) >= 11 is 2.07. The molecule has 4 heteroatoms. The largest absolute Gasteiger partial charge is 0.265 e. The van der Waals surface area contributed by atoms with Crippen LogP contribution in [0.4, 0.5) is 0 Å². The molecule has 0 aromatic carbocycles. The molecular weight excluding hydrogens is 230 g/mol. The highest BCUT2D eigenvalue weighted by Gasteiger charge is 2.37. The molecule has 1 aromatic heterocycles. The van der Waals surface area contributed by atoms with Crippen molar-refractivity contribution in [2.75, 3.05) is 0 Å². The van der Waals surface area contributed by atoms with Gasteiger partial charge in [-0.05, 0) is 43.9 Å². The smallest absolute Gasteiger partial charge is 0.0923 e. The highest BCUT2D eigenvalue weighted by Crippen LogP contribution is 2.50. The lowest BCUT2D eigenvalue weighted by molar-refractivity contribution is 0.201. The lowest BCUT2D eigenvalue weighted by Gasteiger charge is -2.37. The number of nitrogens with zero attached hydrogens (tertiary/aromatic N) is 2. The summed E-state index contributed by atoms with van der Waals surface area (Å²) in [7, 11) is 0. The van der Waals surface area contributed by atoms with Gasteiger partial charge in [0.2, 0.25) is 0 Å². The molecular formula is C13H21N3S. The van der Waals surface area contributed by atoms with E-state index in [1.54, 1.807) is 0 Å². The van der Waals surface area contributed by atoms with E-state index in [1.807, 2.05) is 6.20 Å². The summed E-state index contributed by atoms with van der Waals surface area (Å²) in [5.41, 5.74) is 1.86. The van der Waals surface area contributed by atoms with Crippen molar-refractivity contribution in [3.05, 3.63) is 11.9 Å². The van der Waals surface area contributed by atoms with E-state index < -0.39 is 0 Å². The number of H-pyrrole nitrogens is 1. The number of aromatic amines is 1. The third-order valence-electron chi connectivity index (χ3n) is 4.59. The van der Waals surface area contributed by atoms with Crippen LogP contribution in [0.15, 0.2) is 6.20 Å². The van der Waals surface area contributed by atoms with Gasteiger partial charge in [0.1, 0.15) is 0 Å². The first-order valence-electron chi connectivity index (χ1n) is 6.83. The molecule has 0 amide bonds. The third-order valence-corrected chi connectivity index (χ3v) is 6.00. The second-order valence-electron chi connectivity index (χ2n) is 5.68. The Kier molecular flexibility index (Phi) is 3.41. The zero-order chi connectivity index (χ0) is 11.6. The summed E-state index contributed by atoms with van der Waals surface area (Å²) in [6, 6.07) is 0. The number of thioether (sulfide) groups is 1. The molecule has 1 heterocycles. The Balaban J connectivity index is 1.45. The fourth-order valence-electron chi connectivity index (χ4n) is 3.49. The maximum absolute atomic E-state index is 4.05. The Labute approximate surface area is 107 Å². The Morgan fingerprint density at radius 1 is 1.24 bits per heavy atom. The zero-order valence-electron chi connectivity index (χ0n) is 10.3. The first-order chi connectivity index (χ1) is 8.36. The molecule has 17 heavy (non-hydrogen) atoms. The molecule has 0 aliphatic heterocycles. The molecule has 0 bridgehead atoms. The van der Waals surface area contributed by atoms with E-state index in [9.17, 15) is 0 Å². The summed E-state index contributed by atoms with van der Waals surface area (Å²) in [6.45, 7) is 0. The molecule has 1 N–H and O–H groups in total. The van der Waals surface area contributed by atoms with Crippen LogP contribution in [0.3, 0.4) is 0 Å². The Morgan fingerprint density at radius 3 is 2.65 bits per heavy atom. The van der Waals surface area contributed by atoms with Crippen molar-refractivity contribution in [2.45, 2.75) is 62.4 Å². The standard InChI is InChI=1S/C13H21N3S/c1-2-6-13(5-1)7-3-12(4-8-13)17-10-11-9-14-16-15-11/h9,12H,1-8,10H2,(H,14,15,16). The lowest BCUT2D eigenvalue weighted by atomic mass is 9.73. The topological polar surface area (TPSA) is 41.6 Å². The van der Waals surface area contributed by atoms with Crippen LogP contribution in [-0.2, 0) is 5.75 Å². The summed E-state index contributed by atoms with van der Waals surface area (Å²) in [4.78, 5) is 0. The van der Waals surface area contributed by atoms with Crippen LogP contribution < -0.4 is 0 Å². The maximum Gasteiger partial charge on any atom is 0.0923 e. The molecule has 2 saturated carbocycles. The van der Waals surface area contributed by atoms with Gasteiger partial charge in [0.25, 0.3) is 0 Å². The minimum atomic E-state index is 0.769. The van der Waals surface area contributed by atoms with Crippen molar-refractivity contribution in [2.24, 2.45) is 5.41 Å². The molecule has 0 unspecified atom stereocenters. The van der Waals surface area contributed by atoms with Gasteiger partial charge in [0.15, 0.2) is 0 Å². The van der Waals surface area contributed by atoms with Crippen molar-refractivity contribution in [1.29, 1.82) is 0 Å².